The van der Waals surface area contributed by atoms with Crippen LogP contribution in [0, 0.1) is 0 Å². The number of rotatable bonds is 4. The van der Waals surface area contributed by atoms with Gasteiger partial charge < -0.3 is 5.32 Å². The highest BCUT2D eigenvalue weighted by molar-refractivity contribution is 6.42. The van der Waals surface area contributed by atoms with Gasteiger partial charge in [0.15, 0.2) is 0 Å². The zero-order valence-electron chi connectivity index (χ0n) is 10.3. The van der Waals surface area contributed by atoms with Crippen LogP contribution in [0.5, 0.6) is 0 Å². The van der Waals surface area contributed by atoms with E-state index < -0.39 is 0 Å². The molecule has 1 N–H and O–H groups in total. The summed E-state index contributed by atoms with van der Waals surface area (Å²) < 4.78 is 0. The van der Waals surface area contributed by atoms with Crippen molar-refractivity contribution in [1.82, 2.24) is 5.32 Å². The lowest BCUT2D eigenvalue weighted by Gasteiger charge is -2.30. The van der Waals surface area contributed by atoms with Gasteiger partial charge in [0.25, 0.3) is 0 Å². The van der Waals surface area contributed by atoms with Crippen LogP contribution in [0.25, 0.3) is 0 Å². The van der Waals surface area contributed by atoms with Gasteiger partial charge in [0, 0.05) is 18.0 Å². The molecule has 0 spiro atoms. The van der Waals surface area contributed by atoms with E-state index in [0.29, 0.717) is 10.0 Å². The maximum atomic E-state index is 6.16. The Labute approximate surface area is 118 Å². The SMILES string of the molecule is Clc1ccc(C2(CNC3CC3)CC=CC2)cc1Cl. The third kappa shape index (κ3) is 2.45. The lowest BCUT2D eigenvalue weighted by atomic mass is 9.78. The molecule has 1 fully saturated rings. The molecule has 0 amide bonds. The van der Waals surface area contributed by atoms with E-state index in [4.69, 9.17) is 23.2 Å². The number of allylic oxidation sites excluding steroid dienone is 2. The number of hydrogen-bond donors (Lipinski definition) is 1. The fraction of sp³-hybridized carbons (Fsp3) is 0.467. The van der Waals surface area contributed by atoms with Crippen LogP contribution in [0.2, 0.25) is 10.0 Å². The smallest absolute Gasteiger partial charge is 0.0595 e. The van der Waals surface area contributed by atoms with E-state index in [2.05, 4.69) is 23.5 Å². The summed E-state index contributed by atoms with van der Waals surface area (Å²) >= 11 is 12.2. The summed E-state index contributed by atoms with van der Waals surface area (Å²) in [5.41, 5.74) is 1.48. The molecule has 0 atom stereocenters. The molecule has 0 aromatic heterocycles. The standard InChI is InChI=1S/C15H17Cl2N/c16-13-6-3-11(9-14(13)17)15(7-1-2-8-15)10-18-12-4-5-12/h1-3,6,9,12,18H,4-5,7-8,10H2. The fourth-order valence-corrected chi connectivity index (χ4v) is 2.93. The van der Waals surface area contributed by atoms with E-state index in [0.717, 1.165) is 25.4 Å². The number of halogens is 2. The van der Waals surface area contributed by atoms with E-state index in [1.807, 2.05) is 12.1 Å². The van der Waals surface area contributed by atoms with Gasteiger partial charge in [-0.3, -0.25) is 0 Å². The average Bonchev–Trinajstić information content (AvgIpc) is 3.08. The molecule has 0 aliphatic heterocycles. The molecular weight excluding hydrogens is 265 g/mol. The maximum absolute atomic E-state index is 6.16. The van der Waals surface area contributed by atoms with Crippen molar-refractivity contribution in [3.05, 3.63) is 46.0 Å². The second kappa shape index (κ2) is 4.88. The average molecular weight is 282 g/mol. The molecule has 0 heterocycles. The first-order valence-electron chi connectivity index (χ1n) is 6.54. The first kappa shape index (κ1) is 12.5. The fourth-order valence-electron chi connectivity index (χ4n) is 2.64. The van der Waals surface area contributed by atoms with Gasteiger partial charge in [0.05, 0.1) is 10.0 Å². The van der Waals surface area contributed by atoms with Crippen LogP contribution in [0.3, 0.4) is 0 Å². The Morgan fingerprint density at radius 3 is 2.44 bits per heavy atom. The lowest BCUT2D eigenvalue weighted by Crippen LogP contribution is -2.37. The van der Waals surface area contributed by atoms with Gasteiger partial charge >= 0.3 is 0 Å². The molecule has 18 heavy (non-hydrogen) atoms. The van der Waals surface area contributed by atoms with Crippen LogP contribution < -0.4 is 5.32 Å². The molecule has 3 rings (SSSR count). The molecule has 1 saturated carbocycles. The lowest BCUT2D eigenvalue weighted by molar-refractivity contribution is 0.417. The van der Waals surface area contributed by atoms with Crippen molar-refractivity contribution >= 4 is 23.2 Å². The molecule has 96 valence electrons. The summed E-state index contributed by atoms with van der Waals surface area (Å²) in [5, 5.41) is 4.95. The van der Waals surface area contributed by atoms with Crippen LogP contribution in [0.15, 0.2) is 30.4 Å². The van der Waals surface area contributed by atoms with E-state index in [1.54, 1.807) is 0 Å². The zero-order chi connectivity index (χ0) is 12.6. The quantitative estimate of drug-likeness (QED) is 0.810. The first-order chi connectivity index (χ1) is 8.70. The maximum Gasteiger partial charge on any atom is 0.0595 e. The van der Waals surface area contributed by atoms with Crippen molar-refractivity contribution in [2.24, 2.45) is 0 Å². The van der Waals surface area contributed by atoms with Crippen molar-refractivity contribution in [3.63, 3.8) is 0 Å². The Morgan fingerprint density at radius 2 is 1.83 bits per heavy atom. The summed E-state index contributed by atoms with van der Waals surface area (Å²) in [4.78, 5) is 0. The van der Waals surface area contributed by atoms with Gasteiger partial charge in [-0.2, -0.15) is 0 Å². The highest BCUT2D eigenvalue weighted by atomic mass is 35.5. The minimum absolute atomic E-state index is 0.177. The zero-order valence-corrected chi connectivity index (χ0v) is 11.8. The molecule has 1 aromatic rings. The molecular formula is C15H17Cl2N. The highest BCUT2D eigenvalue weighted by Gasteiger charge is 2.35. The van der Waals surface area contributed by atoms with E-state index in [9.17, 15) is 0 Å². The van der Waals surface area contributed by atoms with Gasteiger partial charge in [0.2, 0.25) is 0 Å². The summed E-state index contributed by atoms with van der Waals surface area (Å²) in [6.45, 7) is 1.03. The van der Waals surface area contributed by atoms with E-state index >= 15 is 0 Å². The first-order valence-corrected chi connectivity index (χ1v) is 7.29. The third-order valence-electron chi connectivity index (χ3n) is 4.02. The van der Waals surface area contributed by atoms with Crippen molar-refractivity contribution in [2.45, 2.75) is 37.1 Å². The third-order valence-corrected chi connectivity index (χ3v) is 4.76. The van der Waals surface area contributed by atoms with Crippen LogP contribution in [0.1, 0.15) is 31.2 Å². The summed E-state index contributed by atoms with van der Waals surface area (Å²) in [6.07, 6.45) is 9.37. The predicted molar refractivity (Wildman–Crippen MR) is 77.5 cm³/mol. The summed E-state index contributed by atoms with van der Waals surface area (Å²) in [6, 6.07) is 6.81. The van der Waals surface area contributed by atoms with Crippen LogP contribution in [-0.4, -0.2) is 12.6 Å². The van der Waals surface area contributed by atoms with Gasteiger partial charge in [-0.1, -0.05) is 41.4 Å². The molecule has 3 heteroatoms. The Morgan fingerprint density at radius 1 is 1.11 bits per heavy atom. The summed E-state index contributed by atoms with van der Waals surface area (Å²) in [5.74, 6) is 0. The number of benzene rings is 1. The van der Waals surface area contributed by atoms with Gasteiger partial charge in [-0.25, -0.2) is 0 Å². The summed E-state index contributed by atoms with van der Waals surface area (Å²) in [7, 11) is 0. The van der Waals surface area contributed by atoms with E-state index in [1.165, 1.54) is 18.4 Å². The van der Waals surface area contributed by atoms with Crippen molar-refractivity contribution < 1.29 is 0 Å². The molecule has 2 aliphatic carbocycles. The normalized spacial score (nSPS) is 21.4. The second-order valence-electron chi connectivity index (χ2n) is 5.44. The van der Waals surface area contributed by atoms with Crippen molar-refractivity contribution in [2.75, 3.05) is 6.54 Å². The Kier molecular flexibility index (Phi) is 3.40. The van der Waals surface area contributed by atoms with Gasteiger partial charge in [-0.15, -0.1) is 0 Å². The van der Waals surface area contributed by atoms with Gasteiger partial charge in [0.1, 0.15) is 0 Å². The molecule has 1 aromatic carbocycles. The molecule has 0 saturated heterocycles. The van der Waals surface area contributed by atoms with Crippen LogP contribution in [-0.2, 0) is 5.41 Å². The minimum atomic E-state index is 0.177. The molecule has 0 unspecified atom stereocenters. The van der Waals surface area contributed by atoms with E-state index in [-0.39, 0.29) is 5.41 Å². The number of nitrogens with one attached hydrogen (secondary N) is 1. The number of hydrogen-bond acceptors (Lipinski definition) is 1. The van der Waals surface area contributed by atoms with Crippen LogP contribution >= 0.6 is 23.2 Å². The second-order valence-corrected chi connectivity index (χ2v) is 6.26. The topological polar surface area (TPSA) is 12.0 Å². The Bertz CT molecular complexity index is 469. The predicted octanol–water partition coefficient (Wildman–Crippen LogP) is 4.33. The largest absolute Gasteiger partial charge is 0.313 e. The van der Waals surface area contributed by atoms with Crippen molar-refractivity contribution in [1.29, 1.82) is 0 Å². The van der Waals surface area contributed by atoms with Gasteiger partial charge in [-0.05, 0) is 43.4 Å². The minimum Gasteiger partial charge on any atom is -0.313 e. The molecule has 0 bridgehead atoms. The molecule has 2 aliphatic rings. The van der Waals surface area contributed by atoms with Crippen molar-refractivity contribution in [3.8, 4) is 0 Å². The Balaban J connectivity index is 1.84. The molecule has 1 nitrogen and oxygen atoms in total. The highest BCUT2D eigenvalue weighted by Crippen LogP contribution is 2.39. The van der Waals surface area contributed by atoms with Crippen LogP contribution in [0.4, 0.5) is 0 Å². The monoisotopic (exact) mass is 281 g/mol. The molecule has 0 radical (unpaired) electrons. The Hall–Kier alpha value is -0.500.